The molecule has 1 fully saturated rings. The molecule has 5 heteroatoms. The van der Waals surface area contributed by atoms with Crippen molar-refractivity contribution in [1.29, 1.82) is 10.5 Å². The Morgan fingerprint density at radius 2 is 1.78 bits per heavy atom. The first kappa shape index (κ1) is 17.0. The van der Waals surface area contributed by atoms with E-state index in [-0.39, 0.29) is 11.3 Å². The molecule has 132 valence electrons. The minimum absolute atomic E-state index is 0.203. The Bertz CT molecular complexity index is 1030. The predicted octanol–water partition coefficient (Wildman–Crippen LogP) is 3.82. The summed E-state index contributed by atoms with van der Waals surface area (Å²) in [4.78, 5) is 14.5. The Hall–Kier alpha value is -3.44. The maximum atomic E-state index is 14.7. The molecule has 4 rings (SSSR count). The zero-order valence-electron chi connectivity index (χ0n) is 14.6. The lowest BCUT2D eigenvalue weighted by Gasteiger charge is -2.35. The summed E-state index contributed by atoms with van der Waals surface area (Å²) in [5, 5.41) is 20.1. The number of rotatable bonds is 2. The summed E-state index contributed by atoms with van der Waals surface area (Å²) in [6, 6.07) is 16.4. The predicted molar refractivity (Wildman–Crippen MR) is 99.0 cm³/mol. The van der Waals surface area contributed by atoms with Crippen molar-refractivity contribution in [3.05, 3.63) is 71.6 Å². The second kappa shape index (κ2) is 6.07. The van der Waals surface area contributed by atoms with E-state index in [1.165, 1.54) is 13.0 Å². The molecular formula is C22H16FN3O. The number of nitrogens with zero attached hydrogens (tertiary/aromatic N) is 3. The highest BCUT2D eigenvalue weighted by Crippen LogP contribution is 2.55. The van der Waals surface area contributed by atoms with Crippen LogP contribution < -0.4 is 4.90 Å². The van der Waals surface area contributed by atoms with Gasteiger partial charge < -0.3 is 4.90 Å². The van der Waals surface area contributed by atoms with E-state index in [1.54, 1.807) is 24.3 Å². The van der Waals surface area contributed by atoms with E-state index < -0.39 is 29.2 Å². The van der Waals surface area contributed by atoms with Crippen molar-refractivity contribution in [3.63, 3.8) is 0 Å². The number of nitriles is 2. The number of fused-ring (bicyclic) bond motifs is 3. The van der Waals surface area contributed by atoms with E-state index in [1.807, 2.05) is 35.2 Å². The topological polar surface area (TPSA) is 67.9 Å². The van der Waals surface area contributed by atoms with Gasteiger partial charge in [-0.2, -0.15) is 10.5 Å². The highest BCUT2D eigenvalue weighted by Gasteiger charge is 2.63. The molecule has 4 nitrogen and oxygen atoms in total. The maximum Gasteiger partial charge on any atom is 0.176 e. The van der Waals surface area contributed by atoms with Gasteiger partial charge in [0.05, 0.1) is 24.2 Å². The van der Waals surface area contributed by atoms with Gasteiger partial charge in [-0.3, -0.25) is 4.79 Å². The largest absolute Gasteiger partial charge is 0.351 e. The summed E-state index contributed by atoms with van der Waals surface area (Å²) in [7, 11) is 0. The second-order valence-electron chi connectivity index (χ2n) is 6.92. The Kier molecular flexibility index (Phi) is 3.82. The number of benzene rings is 2. The molecule has 0 spiro atoms. The third kappa shape index (κ3) is 2.22. The Morgan fingerprint density at radius 3 is 2.44 bits per heavy atom. The molecule has 27 heavy (non-hydrogen) atoms. The summed E-state index contributed by atoms with van der Waals surface area (Å²) in [6.07, 6.45) is 3.65. The monoisotopic (exact) mass is 357 g/mol. The highest BCUT2D eigenvalue weighted by molar-refractivity contribution is 5.91. The molecule has 2 aliphatic rings. The number of hydrogen-bond acceptors (Lipinski definition) is 4. The molecule has 0 N–H and O–H groups in total. The van der Waals surface area contributed by atoms with Crippen LogP contribution in [0.2, 0.25) is 0 Å². The van der Waals surface area contributed by atoms with E-state index in [0.29, 0.717) is 0 Å². The van der Waals surface area contributed by atoms with Crippen LogP contribution in [0, 0.1) is 33.9 Å². The number of halogens is 1. The van der Waals surface area contributed by atoms with Crippen LogP contribution in [-0.4, -0.2) is 17.9 Å². The molecule has 2 aliphatic heterocycles. The van der Waals surface area contributed by atoms with Crippen LogP contribution in [0.1, 0.15) is 24.0 Å². The number of hydrogen-bond donors (Lipinski definition) is 0. The summed E-state index contributed by atoms with van der Waals surface area (Å²) >= 11 is 0. The fourth-order valence-electron chi connectivity index (χ4n) is 4.46. The molecule has 0 aliphatic carbocycles. The van der Waals surface area contributed by atoms with Gasteiger partial charge in [0.25, 0.3) is 0 Å². The standard InChI is InChI=1S/C22H16FN3O/c1-14(27)21-20(16-7-3-4-8-17(16)23)22(12-24,13-25)19-11-10-15-6-2-5-9-18(15)26(19)21/h2-11,19-21H,1H3/t19-,20-,21+/m0/s1. The minimum atomic E-state index is -1.58. The lowest BCUT2D eigenvalue weighted by Crippen LogP contribution is -2.43. The molecule has 0 amide bonds. The second-order valence-corrected chi connectivity index (χ2v) is 6.92. The maximum absolute atomic E-state index is 14.7. The van der Waals surface area contributed by atoms with Crippen molar-refractivity contribution in [3.8, 4) is 12.1 Å². The van der Waals surface area contributed by atoms with Gasteiger partial charge in [0, 0.05) is 11.6 Å². The van der Waals surface area contributed by atoms with E-state index >= 15 is 0 Å². The smallest absolute Gasteiger partial charge is 0.176 e. The lowest BCUT2D eigenvalue weighted by atomic mass is 9.69. The van der Waals surface area contributed by atoms with Crippen molar-refractivity contribution in [2.45, 2.75) is 24.9 Å². The summed E-state index contributed by atoms with van der Waals surface area (Å²) in [5.74, 6) is -1.61. The van der Waals surface area contributed by atoms with Gasteiger partial charge >= 0.3 is 0 Å². The molecule has 0 saturated carbocycles. The summed E-state index contributed by atoms with van der Waals surface area (Å²) in [6.45, 7) is 1.43. The normalized spacial score (nSPS) is 24.4. The van der Waals surface area contributed by atoms with Crippen molar-refractivity contribution in [1.82, 2.24) is 0 Å². The summed E-state index contributed by atoms with van der Waals surface area (Å²) < 4.78 is 14.7. The van der Waals surface area contributed by atoms with Crippen molar-refractivity contribution >= 4 is 17.5 Å². The van der Waals surface area contributed by atoms with Crippen LogP contribution in [-0.2, 0) is 4.79 Å². The average Bonchev–Trinajstić information content (AvgIpc) is 2.99. The van der Waals surface area contributed by atoms with Crippen LogP contribution in [0.5, 0.6) is 0 Å². The first-order valence-corrected chi connectivity index (χ1v) is 8.68. The third-order valence-electron chi connectivity index (χ3n) is 5.57. The molecule has 2 heterocycles. The molecule has 0 radical (unpaired) electrons. The van der Waals surface area contributed by atoms with Gasteiger partial charge in [-0.05, 0) is 30.2 Å². The third-order valence-corrected chi connectivity index (χ3v) is 5.57. The quantitative estimate of drug-likeness (QED) is 0.819. The van der Waals surface area contributed by atoms with Crippen LogP contribution in [0.3, 0.4) is 0 Å². The van der Waals surface area contributed by atoms with Gasteiger partial charge in [0.15, 0.2) is 11.2 Å². The SMILES string of the molecule is CC(=O)[C@@H]1[C@H](c2ccccc2F)C(C#N)(C#N)[C@@H]2C=Cc3ccccc3N12. The fourth-order valence-corrected chi connectivity index (χ4v) is 4.46. The lowest BCUT2D eigenvalue weighted by molar-refractivity contribution is -0.118. The Morgan fingerprint density at radius 1 is 1.11 bits per heavy atom. The van der Waals surface area contributed by atoms with Gasteiger partial charge in [0.1, 0.15) is 5.82 Å². The van der Waals surface area contributed by atoms with Crippen LogP contribution in [0.4, 0.5) is 10.1 Å². The van der Waals surface area contributed by atoms with Crippen molar-refractivity contribution in [2.75, 3.05) is 4.90 Å². The highest BCUT2D eigenvalue weighted by atomic mass is 19.1. The molecule has 2 aromatic rings. The first-order chi connectivity index (χ1) is 13.0. The van der Waals surface area contributed by atoms with E-state index in [9.17, 15) is 19.7 Å². The Balaban J connectivity index is 2.03. The van der Waals surface area contributed by atoms with Crippen LogP contribution in [0.15, 0.2) is 54.6 Å². The molecule has 1 saturated heterocycles. The van der Waals surface area contributed by atoms with Gasteiger partial charge in [-0.15, -0.1) is 0 Å². The van der Waals surface area contributed by atoms with Crippen molar-refractivity contribution < 1.29 is 9.18 Å². The zero-order valence-corrected chi connectivity index (χ0v) is 14.6. The number of carbonyl (C=O) groups excluding carboxylic acids is 1. The molecule has 2 aromatic carbocycles. The van der Waals surface area contributed by atoms with Crippen LogP contribution >= 0.6 is 0 Å². The van der Waals surface area contributed by atoms with Crippen LogP contribution in [0.25, 0.3) is 6.08 Å². The van der Waals surface area contributed by atoms with E-state index in [2.05, 4.69) is 12.1 Å². The minimum Gasteiger partial charge on any atom is -0.351 e. The average molecular weight is 357 g/mol. The molecular weight excluding hydrogens is 341 g/mol. The molecule has 0 bridgehead atoms. The van der Waals surface area contributed by atoms with Gasteiger partial charge in [-0.1, -0.05) is 48.6 Å². The first-order valence-electron chi connectivity index (χ1n) is 8.68. The fraction of sp³-hybridized carbons (Fsp3) is 0.227. The molecule has 3 atom stereocenters. The van der Waals surface area contributed by atoms with Gasteiger partial charge in [-0.25, -0.2) is 4.39 Å². The molecule has 0 aromatic heterocycles. The number of para-hydroxylation sites is 1. The number of Topliss-reactive ketones (excluding diaryl/α,β-unsaturated/α-hetero) is 1. The number of carbonyl (C=O) groups is 1. The van der Waals surface area contributed by atoms with E-state index in [4.69, 9.17) is 0 Å². The van der Waals surface area contributed by atoms with E-state index in [0.717, 1.165) is 11.3 Å². The van der Waals surface area contributed by atoms with Crippen molar-refractivity contribution in [2.24, 2.45) is 5.41 Å². The zero-order chi connectivity index (χ0) is 19.2. The Labute approximate surface area is 156 Å². The summed E-state index contributed by atoms with van der Waals surface area (Å²) in [5.41, 5.74) is 0.321. The number of anilines is 1. The molecule has 0 unspecified atom stereocenters. The van der Waals surface area contributed by atoms with Gasteiger partial charge in [0.2, 0.25) is 0 Å². The number of ketones is 1.